The standard InChI is InChI=1S/C15H12F2OS/c1-10-4-2-5-11(8-10)19-9-14(18)12-6-3-7-13(16)15(12)17/h2-8H,9H2,1H3. The molecule has 0 amide bonds. The van der Waals surface area contributed by atoms with Crippen molar-refractivity contribution in [3.8, 4) is 0 Å². The number of Topliss-reactive ketones (excluding diaryl/α,β-unsaturated/α-hetero) is 1. The van der Waals surface area contributed by atoms with Crippen molar-refractivity contribution in [3.63, 3.8) is 0 Å². The van der Waals surface area contributed by atoms with Crippen LogP contribution in [0.4, 0.5) is 8.78 Å². The summed E-state index contributed by atoms with van der Waals surface area (Å²) in [5.41, 5.74) is 0.898. The van der Waals surface area contributed by atoms with E-state index in [1.165, 1.54) is 23.9 Å². The van der Waals surface area contributed by atoms with Crippen molar-refractivity contribution in [3.05, 3.63) is 65.2 Å². The lowest BCUT2D eigenvalue weighted by molar-refractivity contribution is 0.101. The van der Waals surface area contributed by atoms with E-state index < -0.39 is 17.4 Å². The summed E-state index contributed by atoms with van der Waals surface area (Å²) in [5.74, 6) is -2.39. The number of hydrogen-bond acceptors (Lipinski definition) is 2. The molecule has 1 nitrogen and oxygen atoms in total. The molecule has 0 saturated heterocycles. The molecule has 0 aliphatic rings. The van der Waals surface area contributed by atoms with Gasteiger partial charge in [-0.2, -0.15) is 0 Å². The molecule has 0 N–H and O–H groups in total. The summed E-state index contributed by atoms with van der Waals surface area (Å²) in [7, 11) is 0. The largest absolute Gasteiger partial charge is 0.293 e. The molecular weight excluding hydrogens is 266 g/mol. The molecule has 0 heterocycles. The molecule has 0 spiro atoms. The van der Waals surface area contributed by atoms with E-state index in [-0.39, 0.29) is 11.3 Å². The van der Waals surface area contributed by atoms with Gasteiger partial charge >= 0.3 is 0 Å². The van der Waals surface area contributed by atoms with Crippen molar-refractivity contribution in [1.29, 1.82) is 0 Å². The van der Waals surface area contributed by atoms with E-state index in [4.69, 9.17) is 0 Å². The third-order valence-corrected chi connectivity index (χ3v) is 3.61. The van der Waals surface area contributed by atoms with E-state index in [9.17, 15) is 13.6 Å². The predicted octanol–water partition coefficient (Wildman–Crippen LogP) is 4.25. The fourth-order valence-electron chi connectivity index (χ4n) is 1.65. The van der Waals surface area contributed by atoms with Gasteiger partial charge in [0.2, 0.25) is 0 Å². The highest BCUT2D eigenvalue weighted by Gasteiger charge is 2.15. The predicted molar refractivity (Wildman–Crippen MR) is 72.6 cm³/mol. The highest BCUT2D eigenvalue weighted by molar-refractivity contribution is 8.00. The van der Waals surface area contributed by atoms with E-state index in [2.05, 4.69) is 0 Å². The molecule has 2 aromatic carbocycles. The summed E-state index contributed by atoms with van der Waals surface area (Å²) >= 11 is 1.31. The number of rotatable bonds is 4. The first kappa shape index (κ1) is 13.7. The Kier molecular flexibility index (Phi) is 4.32. The summed E-state index contributed by atoms with van der Waals surface area (Å²) in [6.45, 7) is 1.96. The fraction of sp³-hybridized carbons (Fsp3) is 0.133. The molecule has 2 rings (SSSR count). The Bertz CT molecular complexity index is 611. The van der Waals surface area contributed by atoms with Crippen LogP contribution in [-0.4, -0.2) is 11.5 Å². The van der Waals surface area contributed by atoms with Gasteiger partial charge in [-0.1, -0.05) is 23.8 Å². The smallest absolute Gasteiger partial charge is 0.176 e. The molecule has 0 aliphatic heterocycles. The lowest BCUT2D eigenvalue weighted by Crippen LogP contribution is -2.06. The first-order valence-corrected chi connectivity index (χ1v) is 6.73. The number of halogens is 2. The summed E-state index contributed by atoms with van der Waals surface area (Å²) in [5, 5.41) is 0. The molecule has 4 heteroatoms. The van der Waals surface area contributed by atoms with E-state index in [1.807, 2.05) is 31.2 Å². The number of aryl methyl sites for hydroxylation is 1. The highest BCUT2D eigenvalue weighted by Crippen LogP contribution is 2.21. The van der Waals surface area contributed by atoms with Crippen LogP contribution in [0.15, 0.2) is 47.4 Å². The van der Waals surface area contributed by atoms with Crippen molar-refractivity contribution in [2.75, 3.05) is 5.75 Å². The summed E-state index contributed by atoms with van der Waals surface area (Å²) < 4.78 is 26.5. The van der Waals surface area contributed by atoms with E-state index >= 15 is 0 Å². The number of carbonyl (C=O) groups is 1. The van der Waals surface area contributed by atoms with E-state index in [1.54, 1.807) is 0 Å². The topological polar surface area (TPSA) is 17.1 Å². The van der Waals surface area contributed by atoms with Crippen LogP contribution in [0.1, 0.15) is 15.9 Å². The molecule has 98 valence electrons. The SMILES string of the molecule is Cc1cccc(SCC(=O)c2cccc(F)c2F)c1. The van der Waals surface area contributed by atoms with Crippen LogP contribution in [0.2, 0.25) is 0 Å². The van der Waals surface area contributed by atoms with Crippen molar-refractivity contribution < 1.29 is 13.6 Å². The minimum Gasteiger partial charge on any atom is -0.293 e. The van der Waals surface area contributed by atoms with Gasteiger partial charge in [0.05, 0.1) is 11.3 Å². The van der Waals surface area contributed by atoms with Gasteiger partial charge in [0.15, 0.2) is 17.4 Å². The molecule has 19 heavy (non-hydrogen) atoms. The second kappa shape index (κ2) is 5.97. The molecule has 0 aromatic heterocycles. The van der Waals surface area contributed by atoms with Gasteiger partial charge in [-0.3, -0.25) is 4.79 Å². The molecule has 0 bridgehead atoms. The molecule has 0 saturated carbocycles. The molecule has 0 aliphatic carbocycles. The molecule has 0 radical (unpaired) electrons. The van der Waals surface area contributed by atoms with Gasteiger partial charge in [-0.15, -0.1) is 11.8 Å². The second-order valence-corrected chi connectivity index (χ2v) is 5.18. The molecule has 0 atom stereocenters. The van der Waals surface area contributed by atoms with Crippen molar-refractivity contribution in [1.82, 2.24) is 0 Å². The van der Waals surface area contributed by atoms with Crippen LogP contribution in [-0.2, 0) is 0 Å². The number of ketones is 1. The van der Waals surface area contributed by atoms with Gasteiger partial charge in [-0.05, 0) is 31.2 Å². The minimum atomic E-state index is -1.07. The Morgan fingerprint density at radius 3 is 2.63 bits per heavy atom. The average Bonchev–Trinajstić information content (AvgIpc) is 2.39. The first-order valence-electron chi connectivity index (χ1n) is 5.74. The number of benzene rings is 2. The Hall–Kier alpha value is -1.68. The van der Waals surface area contributed by atoms with Crippen LogP contribution < -0.4 is 0 Å². The van der Waals surface area contributed by atoms with Crippen LogP contribution in [0, 0.1) is 18.6 Å². The van der Waals surface area contributed by atoms with Gasteiger partial charge in [0, 0.05) is 4.90 Å². The highest BCUT2D eigenvalue weighted by atomic mass is 32.2. The number of hydrogen-bond donors (Lipinski definition) is 0. The maximum Gasteiger partial charge on any atom is 0.176 e. The zero-order chi connectivity index (χ0) is 13.8. The van der Waals surface area contributed by atoms with E-state index in [0.717, 1.165) is 16.5 Å². The third-order valence-electron chi connectivity index (χ3n) is 2.61. The average molecular weight is 278 g/mol. The monoisotopic (exact) mass is 278 g/mol. The summed E-state index contributed by atoms with van der Waals surface area (Å²) in [6, 6.07) is 11.3. The Morgan fingerprint density at radius 2 is 1.89 bits per heavy atom. The van der Waals surface area contributed by atoms with E-state index in [0.29, 0.717) is 0 Å². The van der Waals surface area contributed by atoms with Gasteiger partial charge in [0.1, 0.15) is 0 Å². The van der Waals surface area contributed by atoms with Gasteiger partial charge in [0.25, 0.3) is 0 Å². The minimum absolute atomic E-state index is 0.0871. The van der Waals surface area contributed by atoms with Crippen molar-refractivity contribution >= 4 is 17.5 Å². The zero-order valence-electron chi connectivity index (χ0n) is 10.3. The molecule has 0 fully saturated rings. The zero-order valence-corrected chi connectivity index (χ0v) is 11.1. The van der Waals surface area contributed by atoms with Crippen LogP contribution in [0.5, 0.6) is 0 Å². The Balaban J connectivity index is 2.08. The molecular formula is C15H12F2OS. The number of carbonyl (C=O) groups excluding carboxylic acids is 1. The fourth-order valence-corrected chi connectivity index (χ4v) is 2.55. The van der Waals surface area contributed by atoms with Crippen LogP contribution >= 0.6 is 11.8 Å². The maximum absolute atomic E-state index is 13.4. The summed E-state index contributed by atoms with van der Waals surface area (Å²) in [6.07, 6.45) is 0. The maximum atomic E-state index is 13.4. The Labute approximate surface area is 114 Å². The quantitative estimate of drug-likeness (QED) is 0.614. The second-order valence-electron chi connectivity index (χ2n) is 4.13. The Morgan fingerprint density at radius 1 is 1.16 bits per heavy atom. The van der Waals surface area contributed by atoms with Crippen molar-refractivity contribution in [2.45, 2.75) is 11.8 Å². The lowest BCUT2D eigenvalue weighted by atomic mass is 10.1. The molecule has 2 aromatic rings. The van der Waals surface area contributed by atoms with Crippen LogP contribution in [0.25, 0.3) is 0 Å². The van der Waals surface area contributed by atoms with Crippen LogP contribution in [0.3, 0.4) is 0 Å². The van der Waals surface area contributed by atoms with Crippen molar-refractivity contribution in [2.24, 2.45) is 0 Å². The summed E-state index contributed by atoms with van der Waals surface area (Å²) in [4.78, 5) is 12.8. The first-order chi connectivity index (χ1) is 9.08. The van der Waals surface area contributed by atoms with Gasteiger partial charge < -0.3 is 0 Å². The number of thioether (sulfide) groups is 1. The normalized spacial score (nSPS) is 10.5. The third kappa shape index (κ3) is 3.41. The van der Waals surface area contributed by atoms with Gasteiger partial charge in [-0.25, -0.2) is 8.78 Å². The lowest BCUT2D eigenvalue weighted by Gasteiger charge is -2.04. The molecule has 0 unspecified atom stereocenters.